The quantitative estimate of drug-likeness (QED) is 0.846. The van der Waals surface area contributed by atoms with Gasteiger partial charge in [-0.05, 0) is 38.1 Å². The summed E-state index contributed by atoms with van der Waals surface area (Å²) in [5, 5.41) is 3.47. The second-order valence-corrected chi connectivity index (χ2v) is 7.78. The van der Waals surface area contributed by atoms with E-state index in [1.165, 1.54) is 56.8 Å². The zero-order valence-corrected chi connectivity index (χ0v) is 13.2. The third-order valence-corrected chi connectivity index (χ3v) is 5.97. The van der Waals surface area contributed by atoms with E-state index >= 15 is 0 Å². The second-order valence-electron chi connectivity index (χ2n) is 6.63. The van der Waals surface area contributed by atoms with Gasteiger partial charge in [0.25, 0.3) is 0 Å². The summed E-state index contributed by atoms with van der Waals surface area (Å²) >= 11 is 2.12. The van der Waals surface area contributed by atoms with Crippen LogP contribution in [0.25, 0.3) is 0 Å². The lowest BCUT2D eigenvalue weighted by molar-refractivity contribution is 0.0693. The van der Waals surface area contributed by atoms with Gasteiger partial charge < -0.3 is 5.32 Å². The Bertz CT molecular complexity index is 255. The molecule has 3 heteroatoms. The molecule has 3 atom stereocenters. The van der Waals surface area contributed by atoms with Gasteiger partial charge in [0.2, 0.25) is 0 Å². The predicted octanol–water partition coefficient (Wildman–Crippen LogP) is 2.84. The number of nitrogens with zero attached hydrogens (tertiary/aromatic N) is 1. The summed E-state index contributed by atoms with van der Waals surface area (Å²) in [5.74, 6) is 3.57. The molecule has 2 fully saturated rings. The van der Waals surface area contributed by atoms with Crippen LogP contribution in [0.3, 0.4) is 0 Å². The number of hydrogen-bond donors (Lipinski definition) is 1. The summed E-state index contributed by atoms with van der Waals surface area (Å²) in [5.41, 5.74) is 0.544. The molecule has 18 heavy (non-hydrogen) atoms. The molecule has 0 amide bonds. The van der Waals surface area contributed by atoms with Gasteiger partial charge >= 0.3 is 0 Å². The van der Waals surface area contributed by atoms with Crippen LogP contribution in [-0.4, -0.2) is 49.1 Å². The van der Waals surface area contributed by atoms with Crippen molar-refractivity contribution in [2.45, 2.75) is 45.6 Å². The van der Waals surface area contributed by atoms with Crippen molar-refractivity contribution < 1.29 is 0 Å². The highest BCUT2D eigenvalue weighted by Crippen LogP contribution is 2.40. The largest absolute Gasteiger partial charge is 0.319 e. The van der Waals surface area contributed by atoms with Crippen molar-refractivity contribution in [1.82, 2.24) is 10.2 Å². The molecule has 0 aromatic heterocycles. The summed E-state index contributed by atoms with van der Waals surface area (Å²) in [7, 11) is 2.12. The Morgan fingerprint density at radius 3 is 2.89 bits per heavy atom. The summed E-state index contributed by atoms with van der Waals surface area (Å²) in [6.07, 6.45) is 5.72. The zero-order chi connectivity index (χ0) is 13.0. The van der Waals surface area contributed by atoms with Crippen molar-refractivity contribution in [2.75, 3.05) is 38.2 Å². The molecule has 1 heterocycles. The first-order chi connectivity index (χ1) is 8.65. The maximum absolute atomic E-state index is 3.47. The van der Waals surface area contributed by atoms with Gasteiger partial charge in [0.1, 0.15) is 0 Å². The molecular weight excluding hydrogens is 240 g/mol. The fraction of sp³-hybridized carbons (Fsp3) is 1.00. The summed E-state index contributed by atoms with van der Waals surface area (Å²) in [6, 6.07) is 0.773. The highest BCUT2D eigenvalue weighted by Gasteiger charge is 2.37. The average Bonchev–Trinajstić information content (AvgIpc) is 2.32. The van der Waals surface area contributed by atoms with E-state index in [0.717, 1.165) is 12.0 Å². The first-order valence-electron chi connectivity index (χ1n) is 7.62. The van der Waals surface area contributed by atoms with Crippen LogP contribution in [0.15, 0.2) is 0 Å². The molecule has 1 aliphatic heterocycles. The standard InChI is InChI=1S/C15H30N2S/c1-13-5-4-6-15(9-13,11-16-3)12-17-7-8-18-10-14(17)2/h13-14,16H,4-12H2,1-3H3. The Balaban J connectivity index is 2.00. The van der Waals surface area contributed by atoms with Gasteiger partial charge in [-0.3, -0.25) is 4.90 Å². The highest BCUT2D eigenvalue weighted by molar-refractivity contribution is 7.99. The molecule has 106 valence electrons. The number of hydrogen-bond acceptors (Lipinski definition) is 3. The van der Waals surface area contributed by atoms with Crippen LogP contribution in [0.1, 0.15) is 39.5 Å². The van der Waals surface area contributed by atoms with Gasteiger partial charge in [0.05, 0.1) is 0 Å². The lowest BCUT2D eigenvalue weighted by atomic mass is 9.69. The van der Waals surface area contributed by atoms with Gasteiger partial charge in [0.15, 0.2) is 0 Å². The predicted molar refractivity (Wildman–Crippen MR) is 82.4 cm³/mol. The monoisotopic (exact) mass is 270 g/mol. The molecule has 1 saturated carbocycles. The topological polar surface area (TPSA) is 15.3 Å². The van der Waals surface area contributed by atoms with E-state index < -0.39 is 0 Å². The van der Waals surface area contributed by atoms with Gasteiger partial charge in [0, 0.05) is 37.2 Å². The number of nitrogens with one attached hydrogen (secondary N) is 1. The number of rotatable bonds is 4. The van der Waals surface area contributed by atoms with Crippen LogP contribution in [0, 0.1) is 11.3 Å². The van der Waals surface area contributed by atoms with Crippen LogP contribution in [-0.2, 0) is 0 Å². The van der Waals surface area contributed by atoms with Crippen molar-refractivity contribution in [2.24, 2.45) is 11.3 Å². The summed E-state index contributed by atoms with van der Waals surface area (Å²) in [6.45, 7) is 8.67. The SMILES string of the molecule is CNCC1(CN2CCSCC2C)CCCC(C)C1. The Kier molecular flexibility index (Phi) is 5.40. The minimum Gasteiger partial charge on any atom is -0.319 e. The Hall–Kier alpha value is 0.270. The van der Waals surface area contributed by atoms with E-state index in [0.29, 0.717) is 5.41 Å². The van der Waals surface area contributed by atoms with Crippen molar-refractivity contribution in [3.63, 3.8) is 0 Å². The lowest BCUT2D eigenvalue weighted by Crippen LogP contribution is -2.51. The Morgan fingerprint density at radius 2 is 2.22 bits per heavy atom. The first-order valence-corrected chi connectivity index (χ1v) is 8.77. The van der Waals surface area contributed by atoms with Crippen molar-refractivity contribution in [1.29, 1.82) is 0 Å². The first kappa shape index (κ1) is 14.7. The van der Waals surface area contributed by atoms with Crippen molar-refractivity contribution in [3.05, 3.63) is 0 Å². The summed E-state index contributed by atoms with van der Waals surface area (Å²) in [4.78, 5) is 2.76. The van der Waals surface area contributed by atoms with Gasteiger partial charge in [-0.1, -0.05) is 19.8 Å². The molecule has 2 nitrogen and oxygen atoms in total. The molecule has 0 aromatic carbocycles. The molecule has 0 radical (unpaired) electrons. The molecule has 1 N–H and O–H groups in total. The van der Waals surface area contributed by atoms with Crippen molar-refractivity contribution in [3.8, 4) is 0 Å². The van der Waals surface area contributed by atoms with Gasteiger partial charge in [-0.15, -0.1) is 0 Å². The molecule has 0 bridgehead atoms. The molecule has 2 aliphatic rings. The van der Waals surface area contributed by atoms with E-state index in [4.69, 9.17) is 0 Å². The molecule has 1 saturated heterocycles. The lowest BCUT2D eigenvalue weighted by Gasteiger charge is -2.46. The minimum atomic E-state index is 0.544. The number of thioether (sulfide) groups is 1. The fourth-order valence-electron chi connectivity index (χ4n) is 3.93. The Labute approximate surface area is 117 Å². The zero-order valence-electron chi connectivity index (χ0n) is 12.4. The molecule has 2 rings (SSSR count). The second kappa shape index (κ2) is 6.62. The minimum absolute atomic E-state index is 0.544. The third kappa shape index (κ3) is 3.64. The van der Waals surface area contributed by atoms with Crippen LogP contribution in [0.5, 0.6) is 0 Å². The van der Waals surface area contributed by atoms with Gasteiger partial charge in [-0.2, -0.15) is 11.8 Å². The van der Waals surface area contributed by atoms with Crippen LogP contribution in [0.2, 0.25) is 0 Å². The average molecular weight is 270 g/mol. The highest BCUT2D eigenvalue weighted by atomic mass is 32.2. The van der Waals surface area contributed by atoms with Crippen LogP contribution >= 0.6 is 11.8 Å². The van der Waals surface area contributed by atoms with E-state index in [2.05, 4.69) is 42.9 Å². The van der Waals surface area contributed by atoms with Gasteiger partial charge in [-0.25, -0.2) is 0 Å². The third-order valence-electron chi connectivity index (χ3n) is 4.78. The van der Waals surface area contributed by atoms with Crippen LogP contribution < -0.4 is 5.32 Å². The normalized spacial score (nSPS) is 38.8. The fourth-order valence-corrected chi connectivity index (χ4v) is 5.01. The maximum atomic E-state index is 3.47. The molecule has 3 unspecified atom stereocenters. The molecule has 0 spiro atoms. The maximum Gasteiger partial charge on any atom is 0.0158 e. The van der Waals surface area contributed by atoms with E-state index in [9.17, 15) is 0 Å². The van der Waals surface area contributed by atoms with E-state index in [1.54, 1.807) is 0 Å². The Morgan fingerprint density at radius 1 is 1.39 bits per heavy atom. The summed E-state index contributed by atoms with van der Waals surface area (Å²) < 4.78 is 0. The van der Waals surface area contributed by atoms with Crippen molar-refractivity contribution >= 4 is 11.8 Å². The van der Waals surface area contributed by atoms with E-state index in [1.807, 2.05) is 0 Å². The molecular formula is C15H30N2S. The van der Waals surface area contributed by atoms with Crippen LogP contribution in [0.4, 0.5) is 0 Å². The molecule has 0 aromatic rings. The smallest absolute Gasteiger partial charge is 0.0158 e. The van der Waals surface area contributed by atoms with E-state index in [-0.39, 0.29) is 0 Å². The molecule has 1 aliphatic carbocycles.